The maximum Gasteiger partial charge on any atom is 1.00 e. The second-order valence-electron chi connectivity index (χ2n) is 4.18. The Morgan fingerprint density at radius 3 is 0.714 bits per heavy atom. The summed E-state index contributed by atoms with van der Waals surface area (Å²) in [5.74, 6) is 0. The third-order valence-corrected chi connectivity index (χ3v) is 10.5. The van der Waals surface area contributed by atoms with E-state index in [9.17, 15) is 42.1 Å². The second-order valence-corrected chi connectivity index (χ2v) is 17.1. The van der Waals surface area contributed by atoms with Crippen molar-refractivity contribution < 1.29 is 71.6 Å². The molecule has 1 rings (SSSR count). The molecule has 0 bridgehead atoms. The predicted octanol–water partition coefficient (Wildman–Crippen LogP) is -1.38. The average molecular weight is 626 g/mol. The van der Waals surface area contributed by atoms with Crippen LogP contribution in [0.3, 0.4) is 0 Å². The van der Waals surface area contributed by atoms with Gasteiger partial charge in [-0.15, -0.1) is 12.6 Å². The molecule has 1 aromatic carbocycles. The number of halogens is 5. The van der Waals surface area contributed by atoms with Crippen molar-refractivity contribution in [3.05, 3.63) is 0 Å². The largest absolute Gasteiger partial charge is 1.00 e. The molecule has 0 spiro atoms. The van der Waals surface area contributed by atoms with E-state index in [1.807, 2.05) is 0 Å². The van der Waals surface area contributed by atoms with Crippen molar-refractivity contribution in [3.8, 4) is 0 Å². The third kappa shape index (κ3) is 6.40. The van der Waals surface area contributed by atoms with E-state index in [1.165, 1.54) is 0 Å². The van der Waals surface area contributed by atoms with Gasteiger partial charge in [0, 0.05) is 58.3 Å². The molecule has 0 aliphatic heterocycles. The van der Waals surface area contributed by atoms with Gasteiger partial charge in [-0.25, -0.2) is 42.1 Å². The number of thiol groups is 1. The number of benzene rings is 1. The van der Waals surface area contributed by atoms with E-state index in [2.05, 4.69) is 12.6 Å². The van der Waals surface area contributed by atoms with E-state index in [1.54, 1.807) is 0 Å². The zero-order valence-electron chi connectivity index (χ0n) is 12.5. The van der Waals surface area contributed by atoms with Crippen LogP contribution in [0.4, 0.5) is 0 Å². The standard InChI is InChI=1S/C6HCl5O10S6.Na/c7-23(12,13)2-1(22)3(24(8,14)15)5(26(10,18)19)6(27(11,20)21)4(2)25(9,16)17;/h22H;/q;+1. The number of hydrogen-bond donors (Lipinski definition) is 1. The fraction of sp³-hybridized carbons (Fsp3) is 0. The van der Waals surface area contributed by atoms with Crippen LogP contribution >= 0.6 is 66.0 Å². The minimum absolute atomic E-state index is 0. The molecule has 10 nitrogen and oxygen atoms in total. The summed E-state index contributed by atoms with van der Waals surface area (Å²) in [4.78, 5) is -11.1. The van der Waals surface area contributed by atoms with E-state index in [4.69, 9.17) is 53.4 Å². The molecule has 28 heavy (non-hydrogen) atoms. The first-order valence-electron chi connectivity index (χ1n) is 5.18. The van der Waals surface area contributed by atoms with Crippen molar-refractivity contribution in [2.45, 2.75) is 29.4 Å². The van der Waals surface area contributed by atoms with Gasteiger partial charge in [-0.05, 0) is 0 Å². The quantitative estimate of drug-likeness (QED) is 0.234. The van der Waals surface area contributed by atoms with Gasteiger partial charge in [0.1, 0.15) is 24.5 Å². The fourth-order valence-corrected chi connectivity index (χ4v) is 12.7. The van der Waals surface area contributed by atoms with Gasteiger partial charge >= 0.3 is 29.6 Å². The molecule has 0 aliphatic carbocycles. The summed E-state index contributed by atoms with van der Waals surface area (Å²) in [5, 5.41) is 0. The van der Waals surface area contributed by atoms with Crippen molar-refractivity contribution in [1.29, 1.82) is 0 Å². The topological polar surface area (TPSA) is 171 Å². The fourth-order valence-electron chi connectivity index (χ4n) is 1.74. The van der Waals surface area contributed by atoms with Crippen LogP contribution in [-0.2, 0) is 45.3 Å². The minimum Gasteiger partial charge on any atom is -0.207 e. The van der Waals surface area contributed by atoms with Gasteiger partial charge in [0.2, 0.25) is 0 Å². The van der Waals surface area contributed by atoms with Crippen LogP contribution in [-0.4, -0.2) is 42.1 Å². The molecule has 0 fully saturated rings. The zero-order valence-corrected chi connectivity index (χ0v) is 23.2. The van der Waals surface area contributed by atoms with Crippen molar-refractivity contribution >= 4 is 111 Å². The molecule has 0 N–H and O–H groups in total. The maximum absolute atomic E-state index is 11.9. The summed E-state index contributed by atoms with van der Waals surface area (Å²) in [6, 6.07) is 0. The molecular formula is C6HCl5NaO10S6+. The summed E-state index contributed by atoms with van der Waals surface area (Å²) in [6.45, 7) is 0. The Labute approximate surface area is 209 Å². The molecule has 0 aromatic heterocycles. The van der Waals surface area contributed by atoms with E-state index < -0.39 is 74.6 Å². The molecule has 0 heterocycles. The van der Waals surface area contributed by atoms with E-state index in [0.717, 1.165) is 0 Å². The molecule has 0 saturated carbocycles. The third-order valence-electron chi connectivity index (χ3n) is 2.47. The molecule has 1 aromatic rings. The average Bonchev–Trinajstić information content (AvgIpc) is 2.29. The summed E-state index contributed by atoms with van der Waals surface area (Å²) < 4.78 is 118. The summed E-state index contributed by atoms with van der Waals surface area (Å²) in [6.07, 6.45) is 0. The molecule has 156 valence electrons. The molecular weight excluding hydrogens is 625 g/mol. The maximum atomic E-state index is 11.9. The van der Waals surface area contributed by atoms with Gasteiger partial charge in [-0.1, -0.05) is 0 Å². The van der Waals surface area contributed by atoms with E-state index >= 15 is 0 Å². The normalized spacial score (nSPS) is 13.8. The van der Waals surface area contributed by atoms with Crippen molar-refractivity contribution in [2.75, 3.05) is 0 Å². The first-order chi connectivity index (χ1) is 11.5. The second kappa shape index (κ2) is 8.96. The Hall–Kier alpha value is 1.77. The number of rotatable bonds is 5. The van der Waals surface area contributed by atoms with Crippen LogP contribution in [0, 0.1) is 0 Å². The summed E-state index contributed by atoms with van der Waals surface area (Å²) in [5.41, 5.74) is 0. The molecule has 0 radical (unpaired) electrons. The van der Waals surface area contributed by atoms with Crippen molar-refractivity contribution in [1.82, 2.24) is 0 Å². The molecule has 0 atom stereocenters. The van der Waals surface area contributed by atoms with Crippen LogP contribution in [0.5, 0.6) is 0 Å². The number of hydrogen-bond acceptors (Lipinski definition) is 11. The van der Waals surface area contributed by atoms with Gasteiger partial charge in [-0.2, -0.15) is 0 Å². The summed E-state index contributed by atoms with van der Waals surface area (Å²) in [7, 11) is -2.04. The van der Waals surface area contributed by atoms with Gasteiger partial charge in [0.25, 0.3) is 45.3 Å². The summed E-state index contributed by atoms with van der Waals surface area (Å²) >= 11 is 3.43. The molecule has 0 saturated heterocycles. The van der Waals surface area contributed by atoms with Gasteiger partial charge < -0.3 is 0 Å². The van der Waals surface area contributed by atoms with E-state index in [-0.39, 0.29) is 29.6 Å². The Balaban J connectivity index is 0.00000729. The smallest absolute Gasteiger partial charge is 0.207 e. The Morgan fingerprint density at radius 2 is 0.571 bits per heavy atom. The predicted molar refractivity (Wildman–Crippen MR) is 98.9 cm³/mol. The molecule has 0 unspecified atom stereocenters. The Bertz CT molecular complexity index is 1290. The van der Waals surface area contributed by atoms with Gasteiger partial charge in [-0.3, -0.25) is 0 Å². The van der Waals surface area contributed by atoms with Crippen LogP contribution in [0.25, 0.3) is 0 Å². The van der Waals surface area contributed by atoms with Crippen molar-refractivity contribution in [2.24, 2.45) is 0 Å². The SMILES string of the molecule is O=S(=O)(Cl)c1c(S)c(S(=O)(=O)Cl)c(S(=O)(=O)Cl)c(S(=O)(=O)Cl)c1S(=O)(=O)Cl.[Na+]. The molecule has 22 heteroatoms. The zero-order chi connectivity index (χ0) is 22.0. The van der Waals surface area contributed by atoms with E-state index in [0.29, 0.717) is 0 Å². The van der Waals surface area contributed by atoms with Crippen LogP contribution in [0.15, 0.2) is 29.4 Å². The Morgan fingerprint density at radius 1 is 0.429 bits per heavy atom. The Kier molecular flexibility index (Phi) is 9.52. The minimum atomic E-state index is -5.55. The van der Waals surface area contributed by atoms with Gasteiger partial charge in [0.05, 0.1) is 0 Å². The van der Waals surface area contributed by atoms with Crippen LogP contribution in [0.1, 0.15) is 0 Å². The van der Waals surface area contributed by atoms with Gasteiger partial charge in [0.15, 0.2) is 0 Å². The molecule has 0 amide bonds. The van der Waals surface area contributed by atoms with Crippen LogP contribution in [0.2, 0.25) is 0 Å². The first kappa shape index (κ1) is 29.8. The molecule has 0 aliphatic rings. The monoisotopic (exact) mass is 623 g/mol. The van der Waals surface area contributed by atoms with Crippen molar-refractivity contribution in [3.63, 3.8) is 0 Å². The first-order valence-corrected chi connectivity index (χ1v) is 17.2. The van der Waals surface area contributed by atoms with Crippen LogP contribution < -0.4 is 29.6 Å².